The van der Waals surface area contributed by atoms with Crippen LogP contribution in [0.3, 0.4) is 0 Å². The summed E-state index contributed by atoms with van der Waals surface area (Å²) in [7, 11) is 1.80. The Labute approximate surface area is 131 Å². The molecule has 0 aliphatic heterocycles. The van der Waals surface area contributed by atoms with Crippen molar-refractivity contribution >= 4 is 17.7 Å². The Balaban J connectivity index is 1.80. The predicted molar refractivity (Wildman–Crippen MR) is 88.9 cm³/mol. The highest BCUT2D eigenvalue weighted by Gasteiger charge is 2.24. The Morgan fingerprint density at radius 3 is 2.90 bits per heavy atom. The molecule has 1 saturated carbocycles. The maximum absolute atomic E-state index is 5.33. The van der Waals surface area contributed by atoms with Crippen LogP contribution in [0.5, 0.6) is 0 Å². The fourth-order valence-electron chi connectivity index (χ4n) is 2.53. The van der Waals surface area contributed by atoms with Crippen molar-refractivity contribution in [2.75, 3.05) is 13.3 Å². The first-order valence-electron chi connectivity index (χ1n) is 7.57. The third-order valence-electron chi connectivity index (χ3n) is 3.88. The van der Waals surface area contributed by atoms with Crippen LogP contribution in [0.4, 0.5) is 0 Å². The van der Waals surface area contributed by atoms with Gasteiger partial charge in [-0.25, -0.2) is 0 Å². The van der Waals surface area contributed by atoms with Gasteiger partial charge in [0.15, 0.2) is 11.7 Å². The van der Waals surface area contributed by atoms with Crippen molar-refractivity contribution in [1.82, 2.24) is 15.8 Å². The van der Waals surface area contributed by atoms with Crippen LogP contribution < -0.4 is 10.6 Å². The van der Waals surface area contributed by atoms with E-state index >= 15 is 0 Å². The van der Waals surface area contributed by atoms with Gasteiger partial charge in [-0.3, -0.25) is 4.99 Å². The average Bonchev–Trinajstić information content (AvgIpc) is 3.12. The van der Waals surface area contributed by atoms with Crippen molar-refractivity contribution in [2.45, 2.75) is 56.9 Å². The summed E-state index contributed by atoms with van der Waals surface area (Å²) in [5.41, 5.74) is 0.994. The Bertz CT molecular complexity index is 472. The number of guanidine groups is 1. The Hall–Kier alpha value is -1.17. The van der Waals surface area contributed by atoms with Crippen molar-refractivity contribution in [2.24, 2.45) is 4.99 Å². The highest BCUT2D eigenvalue weighted by molar-refractivity contribution is 7.99. The molecule has 0 saturated heterocycles. The van der Waals surface area contributed by atoms with Gasteiger partial charge in [0.25, 0.3) is 0 Å². The number of hydrogen-bond acceptors (Lipinski definition) is 4. The van der Waals surface area contributed by atoms with Crippen LogP contribution in [0.1, 0.15) is 50.5 Å². The molecule has 21 heavy (non-hydrogen) atoms. The molecule has 2 unspecified atom stereocenters. The van der Waals surface area contributed by atoms with Gasteiger partial charge < -0.3 is 15.2 Å². The molecule has 0 amide bonds. The molecule has 1 aromatic rings. The monoisotopic (exact) mass is 310 g/mol. The summed E-state index contributed by atoms with van der Waals surface area (Å²) in [5.74, 6) is 2.07. The van der Waals surface area contributed by atoms with Crippen molar-refractivity contribution in [3.8, 4) is 0 Å². The maximum atomic E-state index is 5.33. The van der Waals surface area contributed by atoms with E-state index in [1.165, 1.54) is 19.3 Å². The number of aromatic nitrogens is 1. The van der Waals surface area contributed by atoms with Gasteiger partial charge in [-0.05, 0) is 31.4 Å². The lowest BCUT2D eigenvalue weighted by molar-refractivity contribution is 0.371. The topological polar surface area (TPSA) is 62.5 Å². The van der Waals surface area contributed by atoms with Gasteiger partial charge in [-0.2, -0.15) is 11.8 Å². The summed E-state index contributed by atoms with van der Waals surface area (Å²) < 4.78 is 5.33. The summed E-state index contributed by atoms with van der Waals surface area (Å²) >= 11 is 1.96. The lowest BCUT2D eigenvalue weighted by Gasteiger charge is -2.16. The quantitative estimate of drug-likeness (QED) is 0.647. The van der Waals surface area contributed by atoms with E-state index in [1.54, 1.807) is 7.05 Å². The molecule has 6 heteroatoms. The van der Waals surface area contributed by atoms with Crippen LogP contribution in [0.25, 0.3) is 0 Å². The zero-order valence-electron chi connectivity index (χ0n) is 13.3. The van der Waals surface area contributed by atoms with E-state index in [2.05, 4.69) is 40.9 Å². The third kappa shape index (κ3) is 4.66. The van der Waals surface area contributed by atoms with E-state index in [1.807, 2.05) is 17.8 Å². The van der Waals surface area contributed by atoms with Crippen LogP contribution in [0.2, 0.25) is 0 Å². The van der Waals surface area contributed by atoms with Crippen molar-refractivity contribution in [3.63, 3.8) is 0 Å². The molecule has 1 fully saturated rings. The number of hydrogen-bond donors (Lipinski definition) is 2. The van der Waals surface area contributed by atoms with Crippen LogP contribution in [-0.4, -0.2) is 35.7 Å². The Kier molecular flexibility index (Phi) is 5.96. The largest absolute Gasteiger partial charge is 0.359 e. The fourth-order valence-corrected chi connectivity index (χ4v) is 3.33. The van der Waals surface area contributed by atoms with E-state index in [0.717, 1.165) is 22.7 Å². The second kappa shape index (κ2) is 7.73. The summed E-state index contributed by atoms with van der Waals surface area (Å²) in [4.78, 5) is 4.28. The molecule has 1 aliphatic rings. The van der Waals surface area contributed by atoms with Crippen LogP contribution in [0, 0.1) is 0 Å². The number of rotatable bonds is 5. The minimum absolute atomic E-state index is 0.391. The normalized spacial score (nSPS) is 22.8. The molecule has 5 nitrogen and oxygen atoms in total. The third-order valence-corrected chi connectivity index (χ3v) is 4.98. The summed E-state index contributed by atoms with van der Waals surface area (Å²) in [5, 5.41) is 11.6. The minimum atomic E-state index is 0.391. The molecule has 0 radical (unpaired) electrons. The second-order valence-electron chi connectivity index (χ2n) is 5.81. The molecule has 0 aromatic carbocycles. The zero-order valence-corrected chi connectivity index (χ0v) is 14.2. The first-order chi connectivity index (χ1) is 10.1. The molecule has 0 spiro atoms. The molecular weight excluding hydrogens is 284 g/mol. The first kappa shape index (κ1) is 16.2. The summed E-state index contributed by atoms with van der Waals surface area (Å²) in [6, 6.07) is 2.53. The number of nitrogens with one attached hydrogen (secondary N) is 2. The highest BCUT2D eigenvalue weighted by Crippen LogP contribution is 2.28. The summed E-state index contributed by atoms with van der Waals surface area (Å²) in [6.07, 6.45) is 5.90. The van der Waals surface area contributed by atoms with Gasteiger partial charge in [-0.1, -0.05) is 19.0 Å². The lowest BCUT2D eigenvalue weighted by atomic mass is 10.1. The smallest absolute Gasteiger partial charge is 0.191 e. The van der Waals surface area contributed by atoms with Crippen molar-refractivity contribution in [3.05, 3.63) is 17.5 Å². The average molecular weight is 310 g/mol. The predicted octanol–water partition coefficient (Wildman–Crippen LogP) is 2.75. The zero-order chi connectivity index (χ0) is 15.2. The standard InChI is InChI=1S/C15H26N4OS/c1-10(2)14-8-12(20-19-14)9-17-15(16-3)18-11-5-6-13(7-11)21-4/h8,10-11,13H,5-7,9H2,1-4H3,(H2,16,17,18). The summed E-state index contributed by atoms with van der Waals surface area (Å²) in [6.45, 7) is 4.83. The fraction of sp³-hybridized carbons (Fsp3) is 0.733. The molecule has 2 N–H and O–H groups in total. The van der Waals surface area contributed by atoms with Gasteiger partial charge >= 0.3 is 0 Å². The van der Waals surface area contributed by atoms with Crippen molar-refractivity contribution in [1.29, 1.82) is 0 Å². The van der Waals surface area contributed by atoms with E-state index in [-0.39, 0.29) is 0 Å². The van der Waals surface area contributed by atoms with E-state index in [0.29, 0.717) is 18.5 Å². The van der Waals surface area contributed by atoms with Gasteiger partial charge in [0, 0.05) is 24.4 Å². The molecule has 1 aliphatic carbocycles. The second-order valence-corrected chi connectivity index (χ2v) is 6.95. The number of thioether (sulfide) groups is 1. The van der Waals surface area contributed by atoms with E-state index < -0.39 is 0 Å². The molecule has 1 aromatic heterocycles. The van der Waals surface area contributed by atoms with Gasteiger partial charge in [0.05, 0.1) is 12.2 Å². The van der Waals surface area contributed by atoms with Gasteiger partial charge in [-0.15, -0.1) is 0 Å². The molecular formula is C15H26N4OS. The maximum Gasteiger partial charge on any atom is 0.191 e. The molecule has 2 rings (SSSR count). The van der Waals surface area contributed by atoms with Gasteiger partial charge in [0.2, 0.25) is 0 Å². The SMILES string of the molecule is CN=C(NCc1cc(C(C)C)no1)NC1CCC(SC)C1. The number of aliphatic imine (C=N–C) groups is 1. The van der Waals surface area contributed by atoms with Crippen LogP contribution >= 0.6 is 11.8 Å². The molecule has 118 valence electrons. The van der Waals surface area contributed by atoms with E-state index in [4.69, 9.17) is 4.52 Å². The van der Waals surface area contributed by atoms with Gasteiger partial charge in [0.1, 0.15) is 0 Å². The lowest BCUT2D eigenvalue weighted by Crippen LogP contribution is -2.42. The first-order valence-corrected chi connectivity index (χ1v) is 8.86. The minimum Gasteiger partial charge on any atom is -0.359 e. The van der Waals surface area contributed by atoms with Crippen molar-refractivity contribution < 1.29 is 4.52 Å². The van der Waals surface area contributed by atoms with Crippen LogP contribution in [-0.2, 0) is 6.54 Å². The highest BCUT2D eigenvalue weighted by atomic mass is 32.2. The Morgan fingerprint density at radius 1 is 1.52 bits per heavy atom. The molecule has 0 bridgehead atoms. The molecule has 1 heterocycles. The molecule has 2 atom stereocenters. The Morgan fingerprint density at radius 2 is 2.33 bits per heavy atom. The number of nitrogens with zero attached hydrogens (tertiary/aromatic N) is 2. The van der Waals surface area contributed by atoms with Crippen LogP contribution in [0.15, 0.2) is 15.6 Å². The van der Waals surface area contributed by atoms with E-state index in [9.17, 15) is 0 Å².